The van der Waals surface area contributed by atoms with Crippen molar-refractivity contribution in [3.05, 3.63) is 89.3 Å². The van der Waals surface area contributed by atoms with Gasteiger partial charge in [-0.2, -0.15) is 0 Å². The molecule has 0 aliphatic carbocycles. The number of carbonyl (C=O) groups is 2. The van der Waals surface area contributed by atoms with Crippen LogP contribution in [0, 0.1) is 0 Å². The van der Waals surface area contributed by atoms with Crippen molar-refractivity contribution in [2.45, 2.75) is 6.92 Å². The van der Waals surface area contributed by atoms with Gasteiger partial charge in [0.15, 0.2) is 10.6 Å². The van der Waals surface area contributed by atoms with Crippen molar-refractivity contribution in [2.75, 3.05) is 6.61 Å². The molecule has 0 atom stereocenters. The maximum atomic E-state index is 12.8. The van der Waals surface area contributed by atoms with E-state index in [-0.39, 0.29) is 12.4 Å². The lowest BCUT2D eigenvalue weighted by molar-refractivity contribution is 0.0527. The van der Waals surface area contributed by atoms with Gasteiger partial charge in [0.25, 0.3) is 0 Å². The molecular weight excluding hydrogens is 384 g/mol. The zero-order valence-corrected chi connectivity index (χ0v) is 16.6. The molecule has 29 heavy (non-hydrogen) atoms. The van der Waals surface area contributed by atoms with Crippen LogP contribution in [0.15, 0.2) is 78.9 Å². The monoisotopic (exact) mass is 402 g/mol. The minimum atomic E-state index is -0.515. The van der Waals surface area contributed by atoms with Crippen molar-refractivity contribution in [2.24, 2.45) is 0 Å². The molecule has 0 bridgehead atoms. The van der Waals surface area contributed by atoms with E-state index in [9.17, 15) is 9.59 Å². The number of fused-ring (bicyclic) bond motifs is 1. The van der Waals surface area contributed by atoms with Gasteiger partial charge in [0.05, 0.1) is 12.2 Å². The molecule has 4 rings (SSSR count). The largest absolute Gasteiger partial charge is 0.462 e. The Morgan fingerprint density at radius 2 is 1.45 bits per heavy atom. The fourth-order valence-corrected chi connectivity index (χ4v) is 4.06. The highest BCUT2D eigenvalue weighted by atomic mass is 32.1. The summed E-state index contributed by atoms with van der Waals surface area (Å²) >= 11 is 1.26. The predicted octanol–water partition coefficient (Wildman–Crippen LogP) is 5.96. The molecule has 1 aromatic heterocycles. The van der Waals surface area contributed by atoms with E-state index >= 15 is 0 Å². The van der Waals surface area contributed by atoms with E-state index in [2.05, 4.69) is 0 Å². The lowest BCUT2D eigenvalue weighted by atomic mass is 10.0. The second-order valence-electron chi connectivity index (χ2n) is 6.31. The third kappa shape index (κ3) is 3.91. The summed E-state index contributed by atoms with van der Waals surface area (Å²) in [6, 6.07) is 24.6. The number of thiophene rings is 1. The second kappa shape index (κ2) is 8.29. The quantitative estimate of drug-likeness (QED) is 0.386. The standard InChI is InChI=1S/C24H18O4S/c1-2-27-24(26)22-21(19-10-6-7-11-20(19)29-22)28-23(25)18-14-12-17(13-15-18)16-8-4-3-5-9-16/h3-15H,2H2,1H3. The van der Waals surface area contributed by atoms with Gasteiger partial charge in [-0.15, -0.1) is 11.3 Å². The van der Waals surface area contributed by atoms with Crippen molar-refractivity contribution in [3.8, 4) is 16.9 Å². The number of hydrogen-bond acceptors (Lipinski definition) is 5. The molecule has 0 unspecified atom stereocenters. The number of carbonyl (C=O) groups excluding carboxylic acids is 2. The first-order valence-corrected chi connectivity index (χ1v) is 10.1. The molecule has 0 fully saturated rings. The van der Waals surface area contributed by atoms with Gasteiger partial charge in [0, 0.05) is 10.1 Å². The van der Waals surface area contributed by atoms with Crippen LogP contribution in [0.1, 0.15) is 27.0 Å². The van der Waals surface area contributed by atoms with Crippen molar-refractivity contribution in [3.63, 3.8) is 0 Å². The Bertz CT molecular complexity index is 1160. The third-order valence-corrected chi connectivity index (χ3v) is 5.57. The van der Waals surface area contributed by atoms with E-state index in [1.54, 1.807) is 19.1 Å². The Labute approximate surface area is 172 Å². The van der Waals surface area contributed by atoms with Gasteiger partial charge < -0.3 is 9.47 Å². The molecule has 144 valence electrons. The normalized spacial score (nSPS) is 10.7. The van der Waals surface area contributed by atoms with E-state index in [0.29, 0.717) is 10.4 Å². The van der Waals surface area contributed by atoms with Crippen LogP contribution >= 0.6 is 11.3 Å². The molecule has 0 amide bonds. The lowest BCUT2D eigenvalue weighted by Gasteiger charge is -2.07. The Hall–Kier alpha value is -3.44. The molecule has 1 heterocycles. The first-order chi connectivity index (χ1) is 14.2. The van der Waals surface area contributed by atoms with Crippen LogP contribution in [0.4, 0.5) is 0 Å². The topological polar surface area (TPSA) is 52.6 Å². The van der Waals surface area contributed by atoms with Crippen LogP contribution in [-0.4, -0.2) is 18.5 Å². The maximum Gasteiger partial charge on any atom is 0.352 e. The zero-order valence-electron chi connectivity index (χ0n) is 15.8. The third-order valence-electron chi connectivity index (χ3n) is 4.43. The molecule has 0 aliphatic rings. The molecule has 0 saturated heterocycles. The molecule has 0 saturated carbocycles. The average Bonchev–Trinajstić information content (AvgIpc) is 3.13. The van der Waals surface area contributed by atoms with E-state index in [1.807, 2.05) is 66.7 Å². The molecule has 4 nitrogen and oxygen atoms in total. The summed E-state index contributed by atoms with van der Waals surface area (Å²) in [4.78, 5) is 25.4. The molecule has 0 N–H and O–H groups in total. The summed E-state index contributed by atoms with van der Waals surface area (Å²) in [5.74, 6) is -0.754. The van der Waals surface area contributed by atoms with Gasteiger partial charge >= 0.3 is 11.9 Å². The van der Waals surface area contributed by atoms with Crippen molar-refractivity contribution in [1.29, 1.82) is 0 Å². The summed E-state index contributed by atoms with van der Waals surface area (Å²) in [5, 5.41) is 0.717. The van der Waals surface area contributed by atoms with E-state index in [4.69, 9.17) is 9.47 Å². The Balaban J connectivity index is 1.63. The first kappa shape index (κ1) is 18.9. The zero-order chi connectivity index (χ0) is 20.2. The van der Waals surface area contributed by atoms with Gasteiger partial charge in [-0.25, -0.2) is 9.59 Å². The minimum Gasteiger partial charge on any atom is -0.462 e. The summed E-state index contributed by atoms with van der Waals surface area (Å²) in [6.07, 6.45) is 0. The predicted molar refractivity (Wildman–Crippen MR) is 115 cm³/mol. The average molecular weight is 402 g/mol. The van der Waals surface area contributed by atoms with Gasteiger partial charge in [-0.1, -0.05) is 54.6 Å². The van der Waals surface area contributed by atoms with Crippen LogP contribution in [0.3, 0.4) is 0 Å². The van der Waals surface area contributed by atoms with Gasteiger partial charge in [-0.05, 0) is 42.3 Å². The van der Waals surface area contributed by atoms with Crippen molar-refractivity contribution >= 4 is 33.4 Å². The van der Waals surface area contributed by atoms with Crippen molar-refractivity contribution in [1.82, 2.24) is 0 Å². The first-order valence-electron chi connectivity index (χ1n) is 9.23. The molecule has 0 aliphatic heterocycles. The highest BCUT2D eigenvalue weighted by molar-refractivity contribution is 7.21. The second-order valence-corrected chi connectivity index (χ2v) is 7.36. The number of hydrogen-bond donors (Lipinski definition) is 0. The van der Waals surface area contributed by atoms with E-state index in [1.165, 1.54) is 11.3 Å². The Kier molecular flexibility index (Phi) is 5.40. The fraction of sp³-hybridized carbons (Fsp3) is 0.0833. The fourth-order valence-electron chi connectivity index (χ4n) is 3.04. The molecule has 0 radical (unpaired) electrons. The van der Waals surface area contributed by atoms with Gasteiger partial charge in [0.2, 0.25) is 0 Å². The number of benzene rings is 3. The van der Waals surface area contributed by atoms with Crippen molar-refractivity contribution < 1.29 is 19.1 Å². The highest BCUT2D eigenvalue weighted by Gasteiger charge is 2.23. The number of ether oxygens (including phenoxy) is 2. The summed E-state index contributed by atoms with van der Waals surface area (Å²) in [6.45, 7) is 1.99. The highest BCUT2D eigenvalue weighted by Crippen LogP contribution is 2.38. The van der Waals surface area contributed by atoms with E-state index in [0.717, 1.165) is 21.2 Å². The van der Waals surface area contributed by atoms with Crippen LogP contribution in [0.5, 0.6) is 5.75 Å². The molecule has 3 aromatic carbocycles. The van der Waals surface area contributed by atoms with Crippen LogP contribution in [0.2, 0.25) is 0 Å². The maximum absolute atomic E-state index is 12.8. The van der Waals surface area contributed by atoms with E-state index < -0.39 is 11.9 Å². The smallest absolute Gasteiger partial charge is 0.352 e. The molecule has 0 spiro atoms. The Morgan fingerprint density at radius 1 is 0.793 bits per heavy atom. The van der Waals surface area contributed by atoms with Crippen LogP contribution in [0.25, 0.3) is 21.2 Å². The van der Waals surface area contributed by atoms with Crippen LogP contribution < -0.4 is 4.74 Å². The summed E-state index contributed by atoms with van der Waals surface area (Å²) in [5.41, 5.74) is 2.49. The molecule has 5 heteroatoms. The van der Waals surface area contributed by atoms with Crippen LogP contribution in [-0.2, 0) is 4.74 Å². The molecule has 4 aromatic rings. The number of rotatable bonds is 5. The van der Waals surface area contributed by atoms with Gasteiger partial charge in [-0.3, -0.25) is 0 Å². The Morgan fingerprint density at radius 3 is 2.17 bits per heavy atom. The summed E-state index contributed by atoms with van der Waals surface area (Å²) < 4.78 is 11.7. The number of esters is 2. The summed E-state index contributed by atoms with van der Waals surface area (Å²) in [7, 11) is 0. The van der Waals surface area contributed by atoms with Gasteiger partial charge in [0.1, 0.15) is 0 Å². The lowest BCUT2D eigenvalue weighted by Crippen LogP contribution is -2.11. The minimum absolute atomic E-state index is 0.251. The molecular formula is C24H18O4S. The SMILES string of the molecule is CCOC(=O)c1sc2ccccc2c1OC(=O)c1ccc(-c2ccccc2)cc1.